The zero-order chi connectivity index (χ0) is 41.9. The van der Waals surface area contributed by atoms with Crippen molar-refractivity contribution in [2.24, 2.45) is 11.8 Å². The lowest BCUT2D eigenvalue weighted by molar-refractivity contribution is -0.146. The molecule has 0 bridgehead atoms. The molecule has 0 spiro atoms. The van der Waals surface area contributed by atoms with Crippen molar-refractivity contribution < 1.29 is 23.8 Å². The molecule has 340 valence electrons. The number of esters is 2. The second-order valence-electron chi connectivity index (χ2n) is 18.1. The van der Waals surface area contributed by atoms with E-state index in [0.29, 0.717) is 44.0 Å². The second-order valence-corrected chi connectivity index (χ2v) is 18.1. The molecule has 0 heterocycles. The average Bonchev–Trinajstić information content (AvgIpc) is 3.18. The Balaban J connectivity index is 4.15. The van der Waals surface area contributed by atoms with Gasteiger partial charge in [-0.15, -0.1) is 0 Å². The van der Waals surface area contributed by atoms with Gasteiger partial charge in [-0.05, 0) is 96.7 Å². The minimum absolute atomic E-state index is 0.0306. The molecule has 6 nitrogen and oxygen atoms in total. The summed E-state index contributed by atoms with van der Waals surface area (Å²) in [4.78, 5) is 27.3. The third-order valence-electron chi connectivity index (χ3n) is 12.0. The first kappa shape index (κ1) is 55.9. The van der Waals surface area contributed by atoms with Gasteiger partial charge in [0.05, 0.1) is 19.3 Å². The van der Waals surface area contributed by atoms with Crippen molar-refractivity contribution in [2.45, 2.75) is 265 Å². The van der Waals surface area contributed by atoms with E-state index in [2.05, 4.69) is 46.7 Å². The number of rotatable bonds is 46. The summed E-state index contributed by atoms with van der Waals surface area (Å²) in [6.45, 7) is 12.2. The molecule has 6 heteroatoms. The van der Waals surface area contributed by atoms with Crippen molar-refractivity contribution in [1.29, 1.82) is 0 Å². The molecule has 0 unspecified atom stereocenters. The SMILES string of the molecule is CCCCCC(CCCCC)CC(=O)OCCCCCCCCCC(CCCCCCCCCOC(=O)CC(CCCCC)CCCCC)OCCCCN(C)C. The van der Waals surface area contributed by atoms with E-state index >= 15 is 0 Å². The van der Waals surface area contributed by atoms with Crippen molar-refractivity contribution in [1.82, 2.24) is 4.90 Å². The van der Waals surface area contributed by atoms with Gasteiger partial charge in [-0.3, -0.25) is 9.59 Å². The van der Waals surface area contributed by atoms with Crippen molar-refractivity contribution in [2.75, 3.05) is 40.5 Å². The van der Waals surface area contributed by atoms with Crippen LogP contribution in [0.15, 0.2) is 0 Å². The Morgan fingerprint density at radius 3 is 1.05 bits per heavy atom. The lowest BCUT2D eigenvalue weighted by Crippen LogP contribution is -2.16. The largest absolute Gasteiger partial charge is 0.466 e. The molecule has 0 aliphatic heterocycles. The van der Waals surface area contributed by atoms with Crippen LogP contribution in [0.25, 0.3) is 0 Å². The predicted octanol–water partition coefficient (Wildman–Crippen LogP) is 15.4. The topological polar surface area (TPSA) is 65.1 Å². The maximum absolute atomic E-state index is 12.5. The van der Waals surface area contributed by atoms with E-state index in [1.54, 1.807) is 0 Å². The first-order valence-corrected chi connectivity index (χ1v) is 25.4. The Bertz CT molecular complexity index is 756. The van der Waals surface area contributed by atoms with E-state index in [1.807, 2.05) is 0 Å². The molecule has 0 aromatic heterocycles. The Kier molecular flexibility index (Phi) is 43.5. The quantitative estimate of drug-likeness (QED) is 0.0451. The fourth-order valence-corrected chi connectivity index (χ4v) is 8.20. The number of unbranched alkanes of at least 4 members (excludes halogenated alkanes) is 21. The number of hydrogen-bond acceptors (Lipinski definition) is 6. The summed E-state index contributed by atoms with van der Waals surface area (Å²) in [6, 6.07) is 0. The van der Waals surface area contributed by atoms with E-state index in [9.17, 15) is 9.59 Å². The van der Waals surface area contributed by atoms with Crippen LogP contribution in [0, 0.1) is 11.8 Å². The summed E-state index contributed by atoms with van der Waals surface area (Å²) in [5, 5.41) is 0. The maximum atomic E-state index is 12.5. The number of carbonyl (C=O) groups is 2. The molecule has 0 saturated heterocycles. The molecule has 0 saturated carbocycles. The van der Waals surface area contributed by atoms with Crippen LogP contribution in [0.3, 0.4) is 0 Å². The third-order valence-corrected chi connectivity index (χ3v) is 12.0. The highest BCUT2D eigenvalue weighted by molar-refractivity contribution is 5.70. The minimum atomic E-state index is 0.0306. The van der Waals surface area contributed by atoms with Gasteiger partial charge >= 0.3 is 11.9 Å². The monoisotopic (exact) mass is 808 g/mol. The molecule has 0 aliphatic rings. The van der Waals surface area contributed by atoms with E-state index in [-0.39, 0.29) is 11.9 Å². The predicted molar refractivity (Wildman–Crippen MR) is 246 cm³/mol. The molecule has 0 amide bonds. The van der Waals surface area contributed by atoms with Crippen LogP contribution in [0.2, 0.25) is 0 Å². The van der Waals surface area contributed by atoms with Crippen LogP contribution in [0.5, 0.6) is 0 Å². The van der Waals surface area contributed by atoms with Gasteiger partial charge in [-0.25, -0.2) is 0 Å². The molecule has 0 aliphatic carbocycles. The molecule has 0 aromatic carbocycles. The molecule has 0 N–H and O–H groups in total. The highest BCUT2D eigenvalue weighted by atomic mass is 16.5. The molecular weight excluding hydrogens is 707 g/mol. The normalized spacial score (nSPS) is 11.8. The van der Waals surface area contributed by atoms with Crippen LogP contribution >= 0.6 is 0 Å². The fourth-order valence-electron chi connectivity index (χ4n) is 8.20. The summed E-state index contributed by atoms with van der Waals surface area (Å²) in [5.74, 6) is 1.09. The van der Waals surface area contributed by atoms with E-state index < -0.39 is 0 Å². The highest BCUT2D eigenvalue weighted by Gasteiger charge is 2.16. The van der Waals surface area contributed by atoms with Gasteiger partial charge in [-0.1, -0.05) is 182 Å². The summed E-state index contributed by atoms with van der Waals surface area (Å²) in [5.41, 5.74) is 0. The zero-order valence-electron chi connectivity index (χ0n) is 39.5. The summed E-state index contributed by atoms with van der Waals surface area (Å²) < 4.78 is 17.8. The highest BCUT2D eigenvalue weighted by Crippen LogP contribution is 2.23. The first-order valence-electron chi connectivity index (χ1n) is 25.4. The minimum Gasteiger partial charge on any atom is -0.466 e. The van der Waals surface area contributed by atoms with Crippen molar-refractivity contribution in [3.63, 3.8) is 0 Å². The number of hydrogen-bond donors (Lipinski definition) is 0. The molecule has 0 rings (SSSR count). The average molecular weight is 808 g/mol. The Labute approximate surface area is 356 Å². The number of nitrogens with zero attached hydrogens (tertiary/aromatic N) is 1. The van der Waals surface area contributed by atoms with E-state index in [1.165, 1.54) is 186 Å². The molecule has 0 atom stereocenters. The van der Waals surface area contributed by atoms with Crippen LogP contribution in [-0.2, 0) is 23.8 Å². The standard InChI is InChI=1S/C51H101NO5/c1-7-11-25-35-47(36-26-12-8-2)45-50(53)56-43-32-23-19-15-17-21-29-39-49(55-42-34-31-41-52(5)6)40-30-22-18-16-20-24-33-44-57-51(54)46-48(37-27-13-9-3)38-28-14-10-4/h47-49H,7-46H2,1-6H3. The van der Waals surface area contributed by atoms with Crippen molar-refractivity contribution in [3.8, 4) is 0 Å². The van der Waals surface area contributed by atoms with E-state index in [0.717, 1.165) is 45.3 Å². The van der Waals surface area contributed by atoms with Crippen LogP contribution < -0.4 is 0 Å². The van der Waals surface area contributed by atoms with Gasteiger partial charge in [0.1, 0.15) is 0 Å². The summed E-state index contributed by atoms with van der Waals surface area (Å²) >= 11 is 0. The van der Waals surface area contributed by atoms with E-state index in [4.69, 9.17) is 14.2 Å². The summed E-state index contributed by atoms with van der Waals surface area (Å²) in [7, 11) is 4.30. The van der Waals surface area contributed by atoms with Gasteiger partial charge in [0.25, 0.3) is 0 Å². The van der Waals surface area contributed by atoms with Crippen molar-refractivity contribution in [3.05, 3.63) is 0 Å². The lowest BCUT2D eigenvalue weighted by Gasteiger charge is -2.18. The molecular formula is C51H101NO5. The summed E-state index contributed by atoms with van der Waals surface area (Å²) in [6.07, 6.45) is 43.2. The third kappa shape index (κ3) is 41.4. The van der Waals surface area contributed by atoms with Gasteiger partial charge in [0, 0.05) is 19.4 Å². The smallest absolute Gasteiger partial charge is 0.306 e. The van der Waals surface area contributed by atoms with Gasteiger partial charge in [0.2, 0.25) is 0 Å². The van der Waals surface area contributed by atoms with Crippen molar-refractivity contribution >= 4 is 11.9 Å². The lowest BCUT2D eigenvalue weighted by atomic mass is 9.92. The van der Waals surface area contributed by atoms with Crippen LogP contribution in [0.4, 0.5) is 0 Å². The molecule has 0 aromatic rings. The fraction of sp³-hybridized carbons (Fsp3) is 0.961. The second kappa shape index (κ2) is 44.4. The Morgan fingerprint density at radius 2 is 0.702 bits per heavy atom. The Hall–Kier alpha value is -1.14. The first-order chi connectivity index (χ1) is 27.9. The molecule has 57 heavy (non-hydrogen) atoms. The van der Waals surface area contributed by atoms with Gasteiger partial charge in [0.15, 0.2) is 0 Å². The van der Waals surface area contributed by atoms with Gasteiger partial charge < -0.3 is 19.1 Å². The number of carbonyl (C=O) groups excluding carboxylic acids is 2. The molecule has 0 fully saturated rings. The zero-order valence-corrected chi connectivity index (χ0v) is 39.5. The van der Waals surface area contributed by atoms with Gasteiger partial charge in [-0.2, -0.15) is 0 Å². The van der Waals surface area contributed by atoms with Crippen LogP contribution in [-0.4, -0.2) is 63.4 Å². The Morgan fingerprint density at radius 1 is 0.386 bits per heavy atom. The number of ether oxygens (including phenoxy) is 3. The molecule has 0 radical (unpaired) electrons. The maximum Gasteiger partial charge on any atom is 0.306 e. The van der Waals surface area contributed by atoms with Crippen LogP contribution in [0.1, 0.15) is 259 Å².